The van der Waals surface area contributed by atoms with Crippen LogP contribution in [0.4, 0.5) is 13.6 Å². The maximum absolute atomic E-state index is 13.6. The largest absolute Gasteiger partial charge is 0.464 e. The highest BCUT2D eigenvalue weighted by Gasteiger charge is 2.46. The fraction of sp³-hybridized carbons (Fsp3) is 0.467. The van der Waals surface area contributed by atoms with Crippen LogP contribution in [0, 0.1) is 17.6 Å². The third kappa shape index (κ3) is 4.16. The number of halogens is 2. The Morgan fingerprint density at radius 3 is 2.82 bits per heavy atom. The number of hydrogen-bond donors (Lipinski definition) is 2. The van der Waals surface area contributed by atoms with Gasteiger partial charge in [-0.05, 0) is 37.1 Å². The summed E-state index contributed by atoms with van der Waals surface area (Å²) in [5.74, 6) is -2.27. The van der Waals surface area contributed by atoms with Crippen molar-refractivity contribution in [1.29, 1.82) is 0 Å². The molecule has 0 aliphatic heterocycles. The van der Waals surface area contributed by atoms with Crippen LogP contribution in [0.1, 0.15) is 24.8 Å². The van der Waals surface area contributed by atoms with E-state index in [0.29, 0.717) is 13.0 Å². The van der Waals surface area contributed by atoms with E-state index in [1.54, 1.807) is 6.92 Å². The van der Waals surface area contributed by atoms with Crippen molar-refractivity contribution in [2.45, 2.75) is 19.3 Å². The van der Waals surface area contributed by atoms with Crippen molar-refractivity contribution in [3.05, 3.63) is 35.4 Å². The maximum Gasteiger partial charge on any atom is 0.314 e. The van der Waals surface area contributed by atoms with Crippen LogP contribution < -0.4 is 10.6 Å². The van der Waals surface area contributed by atoms with Gasteiger partial charge < -0.3 is 15.4 Å². The van der Waals surface area contributed by atoms with Gasteiger partial charge in [0, 0.05) is 12.5 Å². The van der Waals surface area contributed by atoms with E-state index in [1.807, 2.05) is 0 Å². The second kappa shape index (κ2) is 7.20. The van der Waals surface area contributed by atoms with E-state index in [0.717, 1.165) is 18.2 Å². The summed E-state index contributed by atoms with van der Waals surface area (Å²) in [6.07, 6.45) is 0.447. The molecule has 0 spiro atoms. The van der Waals surface area contributed by atoms with Crippen LogP contribution in [-0.2, 0) is 9.53 Å². The molecule has 1 saturated carbocycles. The molecular weight excluding hydrogens is 294 g/mol. The first-order valence-electron chi connectivity index (χ1n) is 7.16. The zero-order valence-corrected chi connectivity index (χ0v) is 12.2. The van der Waals surface area contributed by atoms with Gasteiger partial charge in [-0.3, -0.25) is 4.79 Å². The monoisotopic (exact) mass is 312 g/mol. The van der Waals surface area contributed by atoms with Gasteiger partial charge in [-0.15, -0.1) is 0 Å². The van der Waals surface area contributed by atoms with Gasteiger partial charge in [-0.25, -0.2) is 13.6 Å². The van der Waals surface area contributed by atoms with E-state index in [2.05, 4.69) is 10.6 Å². The molecule has 7 heteroatoms. The molecule has 0 bridgehead atoms. The van der Waals surface area contributed by atoms with Crippen LogP contribution in [0.15, 0.2) is 18.2 Å². The molecular formula is C15H18F2N2O3. The Hall–Kier alpha value is -2.18. The van der Waals surface area contributed by atoms with Gasteiger partial charge >= 0.3 is 12.0 Å². The molecule has 1 aliphatic rings. The van der Waals surface area contributed by atoms with Crippen molar-refractivity contribution < 1.29 is 23.1 Å². The molecule has 2 rings (SSSR count). The first-order valence-corrected chi connectivity index (χ1v) is 7.16. The first-order chi connectivity index (χ1) is 10.5. The summed E-state index contributed by atoms with van der Waals surface area (Å²) in [5, 5.41) is 5.06. The summed E-state index contributed by atoms with van der Waals surface area (Å²) >= 11 is 0. The molecule has 1 aromatic carbocycles. The highest BCUT2D eigenvalue weighted by molar-refractivity contribution is 5.77. The molecule has 2 N–H and O–H groups in total. The minimum atomic E-state index is -0.526. The molecule has 5 nitrogen and oxygen atoms in total. The maximum atomic E-state index is 13.6. The van der Waals surface area contributed by atoms with Gasteiger partial charge in [0.15, 0.2) is 0 Å². The van der Waals surface area contributed by atoms with Crippen LogP contribution in [-0.4, -0.2) is 31.7 Å². The number of benzene rings is 1. The van der Waals surface area contributed by atoms with Crippen LogP contribution in [0.3, 0.4) is 0 Å². The summed E-state index contributed by atoms with van der Waals surface area (Å²) in [6.45, 7) is 2.54. The normalized spacial score (nSPS) is 19.4. The molecule has 1 fully saturated rings. The molecule has 120 valence electrons. The highest BCUT2D eigenvalue weighted by Crippen LogP contribution is 2.49. The molecule has 22 heavy (non-hydrogen) atoms. The molecule has 0 aromatic heterocycles. The minimum Gasteiger partial charge on any atom is -0.464 e. The number of hydrogen-bond acceptors (Lipinski definition) is 3. The van der Waals surface area contributed by atoms with Crippen molar-refractivity contribution >= 4 is 12.0 Å². The van der Waals surface area contributed by atoms with Crippen molar-refractivity contribution in [1.82, 2.24) is 10.6 Å². The molecule has 0 unspecified atom stereocenters. The quantitative estimate of drug-likeness (QED) is 0.623. The van der Waals surface area contributed by atoms with Gasteiger partial charge in [-0.2, -0.15) is 0 Å². The fourth-order valence-electron chi connectivity index (χ4n) is 2.24. The number of rotatable bonds is 6. The second-order valence-corrected chi connectivity index (χ2v) is 5.07. The number of esters is 1. The van der Waals surface area contributed by atoms with Crippen molar-refractivity contribution in [2.75, 3.05) is 19.7 Å². The lowest BCUT2D eigenvalue weighted by atomic mass is 10.1. The van der Waals surface area contributed by atoms with E-state index in [1.165, 1.54) is 0 Å². The Morgan fingerprint density at radius 2 is 2.09 bits per heavy atom. The van der Waals surface area contributed by atoms with Gasteiger partial charge in [0.1, 0.15) is 18.2 Å². The molecule has 2 atom stereocenters. The van der Waals surface area contributed by atoms with Gasteiger partial charge in [0.25, 0.3) is 0 Å². The molecule has 1 aromatic rings. The number of nitrogens with one attached hydrogen (secondary N) is 2. The van der Waals surface area contributed by atoms with Gasteiger partial charge in [-0.1, -0.05) is 0 Å². The standard InChI is InChI=1S/C15H18F2N2O3/c1-2-18-15(21)19-5-6-22-14(20)12-8-10(12)11-7-9(16)3-4-13(11)17/h3-4,7,10,12H,2,5-6,8H2,1H3,(H2,18,19,21)/t10-,12-/m1/s1. The number of amides is 2. The summed E-state index contributed by atoms with van der Waals surface area (Å²) in [4.78, 5) is 22.9. The summed E-state index contributed by atoms with van der Waals surface area (Å²) in [6, 6.07) is 2.89. The topological polar surface area (TPSA) is 67.4 Å². The van der Waals surface area contributed by atoms with Crippen molar-refractivity contribution in [3.63, 3.8) is 0 Å². The first kappa shape index (κ1) is 16.2. The Bertz CT molecular complexity index is 566. The van der Waals surface area contributed by atoms with E-state index in [4.69, 9.17) is 4.74 Å². The number of carbonyl (C=O) groups excluding carboxylic acids is 2. The lowest BCUT2D eigenvalue weighted by Crippen LogP contribution is -2.37. The molecule has 1 aliphatic carbocycles. The molecule has 0 radical (unpaired) electrons. The molecule has 0 heterocycles. The van der Waals surface area contributed by atoms with Crippen molar-refractivity contribution in [2.24, 2.45) is 5.92 Å². The molecule has 2 amide bonds. The van der Waals surface area contributed by atoms with Crippen LogP contribution in [0.25, 0.3) is 0 Å². The lowest BCUT2D eigenvalue weighted by Gasteiger charge is -2.07. The van der Waals surface area contributed by atoms with E-state index in [-0.39, 0.29) is 30.7 Å². The van der Waals surface area contributed by atoms with Crippen molar-refractivity contribution in [3.8, 4) is 0 Å². The lowest BCUT2D eigenvalue weighted by molar-refractivity contribution is -0.145. The Morgan fingerprint density at radius 1 is 1.32 bits per heavy atom. The number of carbonyl (C=O) groups is 2. The minimum absolute atomic E-state index is 0.0464. The number of urea groups is 1. The highest BCUT2D eigenvalue weighted by atomic mass is 19.1. The Labute approximate surface area is 127 Å². The fourth-order valence-corrected chi connectivity index (χ4v) is 2.24. The average molecular weight is 312 g/mol. The summed E-state index contributed by atoms with van der Waals surface area (Å²) in [5.41, 5.74) is 0.211. The predicted molar refractivity (Wildman–Crippen MR) is 75.2 cm³/mol. The van der Waals surface area contributed by atoms with E-state index < -0.39 is 23.5 Å². The average Bonchev–Trinajstić information content (AvgIpc) is 3.26. The van der Waals surface area contributed by atoms with Crippen LogP contribution in [0.5, 0.6) is 0 Å². The predicted octanol–water partition coefficient (Wildman–Crippen LogP) is 1.93. The Kier molecular flexibility index (Phi) is 5.30. The number of ether oxygens (including phenoxy) is 1. The van der Waals surface area contributed by atoms with Crippen LogP contribution >= 0.6 is 0 Å². The van der Waals surface area contributed by atoms with E-state index >= 15 is 0 Å². The second-order valence-electron chi connectivity index (χ2n) is 5.07. The summed E-state index contributed by atoms with van der Waals surface area (Å²) < 4.78 is 31.7. The third-order valence-corrected chi connectivity index (χ3v) is 3.42. The van der Waals surface area contributed by atoms with E-state index in [9.17, 15) is 18.4 Å². The third-order valence-electron chi connectivity index (χ3n) is 3.42. The zero-order chi connectivity index (χ0) is 16.1. The zero-order valence-electron chi connectivity index (χ0n) is 12.2. The Balaban J connectivity index is 1.74. The van der Waals surface area contributed by atoms with Crippen LogP contribution in [0.2, 0.25) is 0 Å². The summed E-state index contributed by atoms with van der Waals surface area (Å²) in [7, 11) is 0. The van der Waals surface area contributed by atoms with Gasteiger partial charge in [0.2, 0.25) is 0 Å². The SMILES string of the molecule is CCNC(=O)NCCOC(=O)[C@@H]1C[C@@H]1c1cc(F)ccc1F. The molecule has 0 saturated heterocycles. The smallest absolute Gasteiger partial charge is 0.314 e. The van der Waals surface area contributed by atoms with Gasteiger partial charge in [0.05, 0.1) is 12.5 Å².